The normalized spacial score (nSPS) is 21.4. The van der Waals surface area contributed by atoms with Crippen molar-refractivity contribution in [3.05, 3.63) is 18.2 Å². The van der Waals surface area contributed by atoms with Crippen LogP contribution in [0.15, 0.2) is 18.2 Å². The monoisotopic (exact) mass is 288 g/mol. The third kappa shape index (κ3) is 2.64. The molecular weight excluding hydrogens is 268 g/mol. The molecule has 1 aromatic rings. The Balaban J connectivity index is 1.35. The lowest BCUT2D eigenvalue weighted by atomic mass is 9.92. The number of carbonyl (C=O) groups excluding carboxylic acids is 1. The average molecular weight is 288 g/mol. The summed E-state index contributed by atoms with van der Waals surface area (Å²) < 4.78 is 10.6. The van der Waals surface area contributed by atoms with Gasteiger partial charge in [0.25, 0.3) is 0 Å². The minimum Gasteiger partial charge on any atom is -0.454 e. The quantitative estimate of drug-likeness (QED) is 0.910. The van der Waals surface area contributed by atoms with E-state index in [1.165, 1.54) is 12.8 Å². The highest BCUT2D eigenvalue weighted by Gasteiger charge is 2.34. The summed E-state index contributed by atoms with van der Waals surface area (Å²) in [5.74, 6) is 3.22. The fraction of sp³-hybridized carbons (Fsp3) is 0.562. The summed E-state index contributed by atoms with van der Waals surface area (Å²) >= 11 is 0. The van der Waals surface area contributed by atoms with Gasteiger partial charge in [-0.05, 0) is 49.7 Å². The minimum atomic E-state index is -0.0110. The number of anilines is 1. The Hall–Kier alpha value is -1.91. The van der Waals surface area contributed by atoms with Crippen LogP contribution in [0.1, 0.15) is 25.7 Å². The van der Waals surface area contributed by atoms with E-state index in [4.69, 9.17) is 9.47 Å². The Kier molecular flexibility index (Phi) is 3.13. The molecule has 1 saturated heterocycles. The first-order valence-electron chi connectivity index (χ1n) is 7.75. The van der Waals surface area contributed by atoms with Crippen LogP contribution in [0.5, 0.6) is 11.5 Å². The molecule has 1 saturated carbocycles. The van der Waals surface area contributed by atoms with Gasteiger partial charge in [-0.1, -0.05) is 0 Å². The maximum absolute atomic E-state index is 12.3. The number of nitrogens with zero attached hydrogens (tertiary/aromatic N) is 1. The Bertz CT molecular complexity index is 548. The number of amides is 2. The number of piperidine rings is 1. The zero-order valence-corrected chi connectivity index (χ0v) is 12.0. The van der Waals surface area contributed by atoms with Crippen LogP contribution in [-0.4, -0.2) is 30.8 Å². The van der Waals surface area contributed by atoms with Crippen LogP contribution >= 0.6 is 0 Å². The molecule has 4 rings (SSSR count). The first-order valence-corrected chi connectivity index (χ1v) is 7.75. The summed E-state index contributed by atoms with van der Waals surface area (Å²) in [6.07, 6.45) is 5.10. The average Bonchev–Trinajstić information content (AvgIpc) is 3.26. The standard InChI is InChI=1S/C16H20N2O3/c19-16(18-7-5-12(6-8-18)11-1-2-11)17-13-3-4-14-15(9-13)21-10-20-14/h3-4,9,11-12H,1-2,5-8,10H2,(H,17,19). The van der Waals surface area contributed by atoms with Crippen molar-refractivity contribution in [2.75, 3.05) is 25.2 Å². The molecule has 5 nitrogen and oxygen atoms in total. The highest BCUT2D eigenvalue weighted by atomic mass is 16.7. The lowest BCUT2D eigenvalue weighted by Crippen LogP contribution is -2.41. The van der Waals surface area contributed by atoms with Crippen molar-refractivity contribution in [3.63, 3.8) is 0 Å². The van der Waals surface area contributed by atoms with E-state index in [1.54, 1.807) is 0 Å². The number of nitrogens with one attached hydrogen (secondary N) is 1. The Labute approximate surface area is 124 Å². The van der Waals surface area contributed by atoms with Crippen LogP contribution in [-0.2, 0) is 0 Å². The molecule has 5 heteroatoms. The topological polar surface area (TPSA) is 50.8 Å². The second kappa shape index (κ2) is 5.13. The fourth-order valence-electron chi connectivity index (χ4n) is 3.32. The Morgan fingerprint density at radius 2 is 1.76 bits per heavy atom. The van der Waals surface area contributed by atoms with Gasteiger partial charge < -0.3 is 19.7 Å². The van der Waals surface area contributed by atoms with Gasteiger partial charge in [-0.2, -0.15) is 0 Å². The number of carbonyl (C=O) groups is 1. The maximum Gasteiger partial charge on any atom is 0.321 e. The van der Waals surface area contributed by atoms with Crippen LogP contribution in [0, 0.1) is 11.8 Å². The van der Waals surface area contributed by atoms with Gasteiger partial charge in [0, 0.05) is 24.8 Å². The van der Waals surface area contributed by atoms with Gasteiger partial charge in [0.2, 0.25) is 6.79 Å². The van der Waals surface area contributed by atoms with E-state index in [2.05, 4.69) is 5.32 Å². The number of hydrogen-bond donors (Lipinski definition) is 1. The first kappa shape index (κ1) is 12.8. The second-order valence-electron chi connectivity index (χ2n) is 6.16. The molecule has 1 aromatic carbocycles. The Morgan fingerprint density at radius 1 is 1.05 bits per heavy atom. The SMILES string of the molecule is O=C(Nc1ccc2c(c1)OCO2)N1CCC(C2CC2)CC1. The number of hydrogen-bond acceptors (Lipinski definition) is 3. The number of benzene rings is 1. The van der Waals surface area contributed by atoms with Gasteiger partial charge in [0.1, 0.15) is 0 Å². The summed E-state index contributed by atoms with van der Waals surface area (Å²) in [5, 5.41) is 2.95. The van der Waals surface area contributed by atoms with Crippen molar-refractivity contribution >= 4 is 11.7 Å². The number of likely N-dealkylation sites (tertiary alicyclic amines) is 1. The third-order valence-corrected chi connectivity index (χ3v) is 4.74. The van der Waals surface area contributed by atoms with Crippen molar-refractivity contribution in [1.29, 1.82) is 0 Å². The van der Waals surface area contributed by atoms with Crippen molar-refractivity contribution in [2.45, 2.75) is 25.7 Å². The molecule has 0 aromatic heterocycles. The molecule has 1 aliphatic carbocycles. The third-order valence-electron chi connectivity index (χ3n) is 4.74. The van der Waals surface area contributed by atoms with Gasteiger partial charge in [-0.3, -0.25) is 0 Å². The molecule has 2 amide bonds. The minimum absolute atomic E-state index is 0.0110. The van der Waals surface area contributed by atoms with Crippen LogP contribution in [0.4, 0.5) is 10.5 Å². The molecule has 1 N–H and O–H groups in total. The summed E-state index contributed by atoms with van der Waals surface area (Å²) in [6, 6.07) is 5.49. The lowest BCUT2D eigenvalue weighted by Gasteiger charge is -2.32. The van der Waals surface area contributed by atoms with Gasteiger partial charge >= 0.3 is 6.03 Å². The largest absolute Gasteiger partial charge is 0.454 e. The van der Waals surface area contributed by atoms with Crippen molar-refractivity contribution in [2.24, 2.45) is 11.8 Å². The van der Waals surface area contributed by atoms with E-state index in [9.17, 15) is 4.79 Å². The number of fused-ring (bicyclic) bond motifs is 1. The van der Waals surface area contributed by atoms with Gasteiger partial charge in [0.15, 0.2) is 11.5 Å². The molecule has 2 heterocycles. The molecule has 3 aliphatic rings. The molecular formula is C16H20N2O3. The highest BCUT2D eigenvalue weighted by Crippen LogP contribution is 2.41. The number of rotatable bonds is 2. The summed E-state index contributed by atoms with van der Waals surface area (Å²) in [5.41, 5.74) is 0.758. The summed E-state index contributed by atoms with van der Waals surface area (Å²) in [7, 11) is 0. The van der Waals surface area contributed by atoms with Crippen molar-refractivity contribution in [1.82, 2.24) is 4.90 Å². The van der Waals surface area contributed by atoms with E-state index in [0.717, 1.165) is 49.2 Å². The first-order chi connectivity index (χ1) is 10.3. The zero-order valence-electron chi connectivity index (χ0n) is 12.0. The maximum atomic E-state index is 12.3. The predicted octanol–water partition coefficient (Wildman–Crippen LogP) is 3.07. The van der Waals surface area contributed by atoms with Gasteiger partial charge in [0.05, 0.1) is 0 Å². The number of urea groups is 1. The van der Waals surface area contributed by atoms with Crippen molar-refractivity contribution < 1.29 is 14.3 Å². The molecule has 112 valence electrons. The highest BCUT2D eigenvalue weighted by molar-refractivity contribution is 5.89. The zero-order chi connectivity index (χ0) is 14.2. The molecule has 0 unspecified atom stereocenters. The molecule has 21 heavy (non-hydrogen) atoms. The Morgan fingerprint density at radius 3 is 2.52 bits per heavy atom. The van der Waals surface area contributed by atoms with Crippen LogP contribution in [0.25, 0.3) is 0 Å². The predicted molar refractivity (Wildman–Crippen MR) is 78.6 cm³/mol. The number of ether oxygens (including phenoxy) is 2. The van der Waals surface area contributed by atoms with E-state index in [0.29, 0.717) is 5.75 Å². The molecule has 2 aliphatic heterocycles. The molecule has 0 bridgehead atoms. The van der Waals surface area contributed by atoms with Crippen LogP contribution in [0.2, 0.25) is 0 Å². The summed E-state index contributed by atoms with van der Waals surface area (Å²) in [6.45, 7) is 2.00. The van der Waals surface area contributed by atoms with Crippen molar-refractivity contribution in [3.8, 4) is 11.5 Å². The second-order valence-corrected chi connectivity index (χ2v) is 6.16. The van der Waals surface area contributed by atoms with E-state index in [-0.39, 0.29) is 12.8 Å². The molecule has 0 spiro atoms. The van der Waals surface area contributed by atoms with Gasteiger partial charge in [-0.15, -0.1) is 0 Å². The van der Waals surface area contributed by atoms with Crippen LogP contribution in [0.3, 0.4) is 0 Å². The lowest BCUT2D eigenvalue weighted by molar-refractivity contribution is 0.174. The molecule has 0 atom stereocenters. The van der Waals surface area contributed by atoms with Crippen LogP contribution < -0.4 is 14.8 Å². The van der Waals surface area contributed by atoms with E-state index < -0.39 is 0 Å². The van der Waals surface area contributed by atoms with Gasteiger partial charge in [-0.25, -0.2) is 4.79 Å². The smallest absolute Gasteiger partial charge is 0.321 e. The molecule has 2 fully saturated rings. The van der Waals surface area contributed by atoms with E-state index in [1.807, 2.05) is 23.1 Å². The van der Waals surface area contributed by atoms with E-state index >= 15 is 0 Å². The fourth-order valence-corrected chi connectivity index (χ4v) is 3.32. The summed E-state index contributed by atoms with van der Waals surface area (Å²) in [4.78, 5) is 14.2. The molecule has 0 radical (unpaired) electrons.